The van der Waals surface area contributed by atoms with Gasteiger partial charge in [0.2, 0.25) is 0 Å². The van der Waals surface area contributed by atoms with Crippen LogP contribution < -0.4 is 26.3 Å². The Morgan fingerprint density at radius 3 is 2.44 bits per heavy atom. The average molecular weight is 570 g/mol. The van der Waals surface area contributed by atoms with Gasteiger partial charge in [-0.15, -0.1) is 0 Å². The van der Waals surface area contributed by atoms with Crippen LogP contribution in [0.3, 0.4) is 0 Å². The van der Waals surface area contributed by atoms with Gasteiger partial charge >= 0.3 is 0 Å². The lowest BCUT2D eigenvalue weighted by Gasteiger charge is -2.38. The van der Waals surface area contributed by atoms with Crippen molar-refractivity contribution in [2.45, 2.75) is 17.7 Å². The first-order valence-electron chi connectivity index (χ1n) is 12.2. The van der Waals surface area contributed by atoms with E-state index in [4.69, 9.17) is 48.9 Å². The minimum absolute atomic E-state index is 0.150. The monoisotopic (exact) mass is 569 g/mol. The number of rotatable bonds is 8. The zero-order valence-corrected chi connectivity index (χ0v) is 23.2. The molecule has 1 aromatic carbocycles. The molecule has 2 atom stereocenters. The zero-order chi connectivity index (χ0) is 27.7. The first-order chi connectivity index (χ1) is 18.7. The number of hydrogen-bond donors (Lipinski definition) is 3. The van der Waals surface area contributed by atoms with E-state index in [2.05, 4.69) is 25.2 Å². The van der Waals surface area contributed by atoms with E-state index in [1.807, 2.05) is 31.3 Å². The summed E-state index contributed by atoms with van der Waals surface area (Å²) in [6.45, 7) is 1.76. The van der Waals surface area contributed by atoms with Gasteiger partial charge in [0.25, 0.3) is 0 Å². The van der Waals surface area contributed by atoms with E-state index in [9.17, 15) is 0 Å². The molecule has 3 aromatic rings. The summed E-state index contributed by atoms with van der Waals surface area (Å²) in [5.74, 6) is 1.95. The number of nitrogens with one attached hydrogen (secondary N) is 1. The molecule has 1 aliphatic carbocycles. The molecule has 2 aliphatic rings. The maximum absolute atomic E-state index is 6.79. The third-order valence-electron chi connectivity index (χ3n) is 6.76. The van der Waals surface area contributed by atoms with Crippen LogP contribution in [0.4, 0.5) is 11.5 Å². The number of aromatic nitrogens is 3. The molecule has 12 heteroatoms. The molecule has 0 amide bonds. The largest absolute Gasteiger partial charge is 0.495 e. The standard InChI is InChI=1S/C27H29Cl2N7O3/c1-36-12-16(13-36)39-15-6-7-27(31,21(30)9-15)22-10-18(33-14-34-22)17-5-4-8-32-26(17)35-25-23(28)19(37-2)11-20(38-3)24(25)29/h4-11,14,16,21H,12-13,30-31H2,1-3H3,(H,32,35). The summed E-state index contributed by atoms with van der Waals surface area (Å²) in [7, 11) is 5.07. The lowest BCUT2D eigenvalue weighted by molar-refractivity contribution is -0.00371. The van der Waals surface area contributed by atoms with Crippen molar-refractivity contribution in [2.75, 3.05) is 39.7 Å². The Balaban J connectivity index is 1.45. The van der Waals surface area contributed by atoms with E-state index < -0.39 is 11.6 Å². The fourth-order valence-electron chi connectivity index (χ4n) is 4.51. The number of nitrogens with two attached hydrogens (primary N) is 2. The summed E-state index contributed by atoms with van der Waals surface area (Å²) in [4.78, 5) is 15.6. The Hall–Kier alpha value is -3.41. The highest BCUT2D eigenvalue weighted by molar-refractivity contribution is 6.41. The second-order valence-electron chi connectivity index (χ2n) is 9.42. The number of pyridine rings is 1. The van der Waals surface area contributed by atoms with Crippen LogP contribution in [0.2, 0.25) is 10.0 Å². The Kier molecular flexibility index (Phi) is 7.66. The second-order valence-corrected chi connectivity index (χ2v) is 10.2. The van der Waals surface area contributed by atoms with Crippen molar-refractivity contribution in [1.82, 2.24) is 19.9 Å². The summed E-state index contributed by atoms with van der Waals surface area (Å²) in [6, 6.07) is 6.51. The smallest absolute Gasteiger partial charge is 0.143 e. The Morgan fingerprint density at radius 1 is 1.08 bits per heavy atom. The fraction of sp³-hybridized carbons (Fsp3) is 0.296. The van der Waals surface area contributed by atoms with Crippen LogP contribution in [0.1, 0.15) is 5.69 Å². The summed E-state index contributed by atoms with van der Waals surface area (Å²) in [6.07, 6.45) is 8.75. The van der Waals surface area contributed by atoms with Crippen molar-refractivity contribution >= 4 is 34.7 Å². The Labute approximate surface area is 236 Å². The molecule has 39 heavy (non-hydrogen) atoms. The van der Waals surface area contributed by atoms with Crippen molar-refractivity contribution in [3.8, 4) is 22.8 Å². The number of likely N-dealkylation sites (N-methyl/N-ethyl adjacent to an activating group) is 1. The van der Waals surface area contributed by atoms with Gasteiger partial charge in [-0.3, -0.25) is 4.90 Å². The number of likely N-dealkylation sites (tertiary alicyclic amines) is 1. The van der Waals surface area contributed by atoms with Gasteiger partial charge in [0.15, 0.2) is 0 Å². The molecule has 10 nitrogen and oxygen atoms in total. The molecule has 5 N–H and O–H groups in total. The van der Waals surface area contributed by atoms with Gasteiger partial charge in [0.1, 0.15) is 45.6 Å². The predicted molar refractivity (Wildman–Crippen MR) is 152 cm³/mol. The molecule has 1 aliphatic heterocycles. The normalized spacial score (nSPS) is 21.2. The van der Waals surface area contributed by atoms with E-state index in [1.54, 1.807) is 24.4 Å². The topological polar surface area (TPSA) is 134 Å². The maximum atomic E-state index is 6.79. The molecule has 0 bridgehead atoms. The van der Waals surface area contributed by atoms with Crippen LogP contribution in [0.25, 0.3) is 11.3 Å². The van der Waals surface area contributed by atoms with E-state index in [0.717, 1.165) is 13.1 Å². The van der Waals surface area contributed by atoms with E-state index in [1.165, 1.54) is 20.5 Å². The summed E-state index contributed by atoms with van der Waals surface area (Å²) in [5, 5.41) is 3.77. The molecule has 1 saturated heterocycles. The molecule has 2 unspecified atom stereocenters. The summed E-state index contributed by atoms with van der Waals surface area (Å²) >= 11 is 13.2. The van der Waals surface area contributed by atoms with Crippen LogP contribution in [-0.2, 0) is 10.3 Å². The lowest BCUT2D eigenvalue weighted by Crippen LogP contribution is -2.53. The van der Waals surface area contributed by atoms with Gasteiger partial charge in [-0.25, -0.2) is 15.0 Å². The molecule has 0 spiro atoms. The van der Waals surface area contributed by atoms with E-state index in [0.29, 0.717) is 45.7 Å². The van der Waals surface area contributed by atoms with Gasteiger partial charge in [-0.2, -0.15) is 0 Å². The predicted octanol–water partition coefficient (Wildman–Crippen LogP) is 3.87. The summed E-state index contributed by atoms with van der Waals surface area (Å²) in [5.41, 5.74) is 14.4. The molecule has 5 rings (SSSR count). The van der Waals surface area contributed by atoms with Gasteiger partial charge in [0, 0.05) is 30.9 Å². The zero-order valence-electron chi connectivity index (χ0n) is 21.7. The van der Waals surface area contributed by atoms with Crippen molar-refractivity contribution in [2.24, 2.45) is 11.5 Å². The van der Waals surface area contributed by atoms with Crippen molar-refractivity contribution in [1.29, 1.82) is 0 Å². The van der Waals surface area contributed by atoms with E-state index >= 15 is 0 Å². The molecular formula is C27H29Cl2N7O3. The third-order valence-corrected chi connectivity index (χ3v) is 7.51. The minimum Gasteiger partial charge on any atom is -0.495 e. The quantitative estimate of drug-likeness (QED) is 0.367. The number of benzene rings is 1. The average Bonchev–Trinajstić information content (AvgIpc) is 2.93. The fourth-order valence-corrected chi connectivity index (χ4v) is 5.11. The van der Waals surface area contributed by atoms with Gasteiger partial charge < -0.3 is 31.0 Å². The first-order valence-corrected chi connectivity index (χ1v) is 12.9. The number of anilines is 2. The van der Waals surface area contributed by atoms with Crippen LogP contribution in [0.5, 0.6) is 11.5 Å². The highest BCUT2D eigenvalue weighted by atomic mass is 35.5. The van der Waals surface area contributed by atoms with Gasteiger partial charge in [-0.05, 0) is 37.4 Å². The van der Waals surface area contributed by atoms with Gasteiger partial charge in [-0.1, -0.05) is 29.3 Å². The number of hydrogen-bond acceptors (Lipinski definition) is 10. The molecule has 3 heterocycles. The second kappa shape index (κ2) is 11.0. The SMILES string of the molecule is COc1cc(OC)c(Cl)c(Nc2ncccc2-c2cc(C3(N)C=CC(OC4CN(C)C4)=CC3N)ncn2)c1Cl. The number of methoxy groups -OCH3 is 2. The highest BCUT2D eigenvalue weighted by Gasteiger charge is 2.36. The van der Waals surface area contributed by atoms with Crippen LogP contribution >= 0.6 is 23.2 Å². The molecule has 2 aromatic heterocycles. The Bertz CT molecular complexity index is 1420. The number of allylic oxidation sites excluding steroid dienone is 1. The van der Waals surface area contributed by atoms with Crippen molar-refractivity contribution in [3.63, 3.8) is 0 Å². The first kappa shape index (κ1) is 27.2. The summed E-state index contributed by atoms with van der Waals surface area (Å²) < 4.78 is 16.8. The number of ether oxygens (including phenoxy) is 3. The third kappa shape index (κ3) is 5.26. The molecule has 1 fully saturated rings. The molecule has 0 saturated carbocycles. The van der Waals surface area contributed by atoms with Crippen LogP contribution in [0.15, 0.2) is 60.8 Å². The number of nitrogens with zero attached hydrogens (tertiary/aromatic N) is 4. The Morgan fingerprint density at radius 2 is 1.79 bits per heavy atom. The van der Waals surface area contributed by atoms with Crippen LogP contribution in [0, 0.1) is 0 Å². The highest BCUT2D eigenvalue weighted by Crippen LogP contribution is 2.46. The lowest BCUT2D eigenvalue weighted by atomic mass is 9.83. The molecular weight excluding hydrogens is 541 g/mol. The minimum atomic E-state index is -1.07. The van der Waals surface area contributed by atoms with Gasteiger partial charge in [0.05, 0.1) is 42.9 Å². The van der Waals surface area contributed by atoms with Crippen LogP contribution in [-0.4, -0.2) is 66.4 Å². The molecule has 204 valence electrons. The molecule has 0 radical (unpaired) electrons. The van der Waals surface area contributed by atoms with Crippen molar-refractivity contribution in [3.05, 3.63) is 76.5 Å². The van der Waals surface area contributed by atoms with E-state index in [-0.39, 0.29) is 16.1 Å². The van der Waals surface area contributed by atoms with Crippen molar-refractivity contribution < 1.29 is 14.2 Å². The number of halogens is 2. The maximum Gasteiger partial charge on any atom is 0.143 e.